The van der Waals surface area contributed by atoms with Crippen LogP contribution in [0, 0.1) is 0 Å². The normalized spacial score (nSPS) is 33.6. The first kappa shape index (κ1) is 36.7. The number of carbonyl (C=O) groups is 1. The van der Waals surface area contributed by atoms with Crippen LogP contribution in [0.5, 0.6) is 0 Å². The lowest BCUT2D eigenvalue weighted by Crippen LogP contribution is -2.62. The van der Waals surface area contributed by atoms with Gasteiger partial charge < -0.3 is 54.7 Å². The molecule has 2 aliphatic heterocycles. The molecule has 0 aromatic rings. The monoisotopic (exact) mass is 604 g/mol. The van der Waals surface area contributed by atoms with Crippen LogP contribution in [0.2, 0.25) is 0 Å². The minimum absolute atomic E-state index is 0.183. The maximum Gasteiger partial charge on any atom is 0.305 e. The van der Waals surface area contributed by atoms with Crippen LogP contribution >= 0.6 is 0 Å². The summed E-state index contributed by atoms with van der Waals surface area (Å²) in [6.07, 6.45) is 7.77. The largest absolute Gasteiger partial charge is 0.463 e. The molecule has 2 heterocycles. The van der Waals surface area contributed by atoms with E-state index in [0.717, 1.165) is 44.9 Å². The number of carbonyl (C=O) groups excluding carboxylic acids is 1. The number of unbranched alkanes of at least 4 members (excludes halogenated alkanes) is 8. The summed E-state index contributed by atoms with van der Waals surface area (Å²) in [5.41, 5.74) is 0. The molecule has 0 saturated carbocycles. The Morgan fingerprint density at radius 1 is 0.786 bits per heavy atom. The van der Waals surface area contributed by atoms with Gasteiger partial charge >= 0.3 is 5.97 Å². The average Bonchev–Trinajstić information content (AvgIpc) is 3.23. The fraction of sp³-hybridized carbons (Fsp3) is 0.833. The molecule has 0 aromatic carbocycles. The Hall–Kier alpha value is -1.45. The fourth-order valence-corrected chi connectivity index (χ4v) is 4.95. The molecule has 2 rings (SSSR count). The van der Waals surface area contributed by atoms with Crippen molar-refractivity contribution in [2.75, 3.05) is 19.8 Å². The molecule has 9 atom stereocenters. The standard InChI is InChI=1S/C30H52O12/c1-2-3-4-5-6-7-8-9-10-11-12-13-14-15-16-17-23(33)39-19-22-25(35)28(38)30(20-32,41-22)42-29-27(37)26(36)24(34)21(18-31)40-29/h6-7,9-10,21-22,24-29,31-32,34-38H,2-5,8,11-20H2,1H3/b7-6-,10-9-. The molecule has 2 aliphatic rings. The van der Waals surface area contributed by atoms with Crippen molar-refractivity contribution in [3.63, 3.8) is 0 Å². The van der Waals surface area contributed by atoms with Crippen molar-refractivity contribution in [2.24, 2.45) is 0 Å². The van der Waals surface area contributed by atoms with Crippen molar-refractivity contribution >= 4 is 5.97 Å². The van der Waals surface area contributed by atoms with E-state index in [0.29, 0.717) is 6.42 Å². The van der Waals surface area contributed by atoms with E-state index in [-0.39, 0.29) is 6.42 Å². The van der Waals surface area contributed by atoms with Gasteiger partial charge in [-0.1, -0.05) is 63.3 Å². The van der Waals surface area contributed by atoms with E-state index >= 15 is 0 Å². The van der Waals surface area contributed by atoms with Crippen LogP contribution in [0.25, 0.3) is 0 Å². The molecular weight excluding hydrogens is 552 g/mol. The van der Waals surface area contributed by atoms with E-state index in [2.05, 4.69) is 31.2 Å². The van der Waals surface area contributed by atoms with Gasteiger partial charge in [0.1, 0.15) is 55.9 Å². The van der Waals surface area contributed by atoms with Gasteiger partial charge in [-0.25, -0.2) is 0 Å². The molecule has 2 fully saturated rings. The highest BCUT2D eigenvalue weighted by Gasteiger charge is 2.58. The van der Waals surface area contributed by atoms with E-state index in [1.54, 1.807) is 0 Å². The van der Waals surface area contributed by atoms with E-state index in [1.807, 2.05) is 0 Å². The van der Waals surface area contributed by atoms with Crippen LogP contribution < -0.4 is 0 Å². The van der Waals surface area contributed by atoms with Crippen LogP contribution in [-0.2, 0) is 23.7 Å². The van der Waals surface area contributed by atoms with Gasteiger partial charge in [0, 0.05) is 6.42 Å². The molecule has 244 valence electrons. The summed E-state index contributed by atoms with van der Waals surface area (Å²) in [5, 5.41) is 70.4. The summed E-state index contributed by atoms with van der Waals surface area (Å²) in [5.74, 6) is -2.79. The molecule has 0 aromatic heterocycles. The summed E-state index contributed by atoms with van der Waals surface area (Å²) in [6.45, 7) is 0.0848. The van der Waals surface area contributed by atoms with E-state index < -0.39 is 80.6 Å². The highest BCUT2D eigenvalue weighted by Crippen LogP contribution is 2.36. The molecule has 0 bridgehead atoms. The van der Waals surface area contributed by atoms with Crippen molar-refractivity contribution in [3.05, 3.63) is 24.3 Å². The Kier molecular flexibility index (Phi) is 17.3. The SMILES string of the molecule is CCCCC/C=C\C/C=C\CCCCCCCC(=O)OCC1OC(CO)(OC2OC(CO)C(O)C(O)C2O)C(O)C1O. The van der Waals surface area contributed by atoms with Gasteiger partial charge in [0.2, 0.25) is 5.79 Å². The first-order chi connectivity index (χ1) is 20.2. The van der Waals surface area contributed by atoms with Crippen LogP contribution in [0.1, 0.15) is 84.0 Å². The molecular formula is C30H52O12. The summed E-state index contributed by atoms with van der Waals surface area (Å²) in [6, 6.07) is 0. The van der Waals surface area contributed by atoms with Crippen LogP contribution in [-0.4, -0.2) is 116 Å². The maximum absolute atomic E-state index is 12.2. The predicted octanol–water partition coefficient (Wildman–Crippen LogP) is 0.969. The van der Waals surface area contributed by atoms with Crippen LogP contribution in [0.4, 0.5) is 0 Å². The highest BCUT2D eigenvalue weighted by molar-refractivity contribution is 5.69. The zero-order valence-electron chi connectivity index (χ0n) is 24.7. The number of esters is 1. The molecule has 0 spiro atoms. The lowest BCUT2D eigenvalue weighted by molar-refractivity contribution is -0.383. The maximum atomic E-state index is 12.2. The lowest BCUT2D eigenvalue weighted by atomic mass is 9.99. The second-order valence-corrected chi connectivity index (χ2v) is 11.0. The molecule has 0 radical (unpaired) electrons. The third-order valence-corrected chi connectivity index (χ3v) is 7.63. The summed E-state index contributed by atoms with van der Waals surface area (Å²) >= 11 is 0. The third kappa shape index (κ3) is 11.2. The number of rotatable bonds is 20. The summed E-state index contributed by atoms with van der Waals surface area (Å²) in [4.78, 5) is 12.2. The van der Waals surface area contributed by atoms with Crippen molar-refractivity contribution in [2.45, 2.75) is 139 Å². The molecule has 0 amide bonds. The first-order valence-corrected chi connectivity index (χ1v) is 15.3. The Bertz CT molecular complexity index is 805. The van der Waals surface area contributed by atoms with Crippen molar-refractivity contribution in [3.8, 4) is 0 Å². The number of aliphatic hydroxyl groups is 7. The highest BCUT2D eigenvalue weighted by atomic mass is 16.8. The smallest absolute Gasteiger partial charge is 0.305 e. The minimum atomic E-state index is -2.29. The van der Waals surface area contributed by atoms with Crippen molar-refractivity contribution in [1.82, 2.24) is 0 Å². The second kappa shape index (κ2) is 19.8. The summed E-state index contributed by atoms with van der Waals surface area (Å²) < 4.78 is 21.4. The molecule has 12 heteroatoms. The predicted molar refractivity (Wildman–Crippen MR) is 152 cm³/mol. The van der Waals surface area contributed by atoms with Gasteiger partial charge in [0.25, 0.3) is 0 Å². The number of hydrogen-bond acceptors (Lipinski definition) is 12. The van der Waals surface area contributed by atoms with Gasteiger partial charge in [-0.2, -0.15) is 0 Å². The minimum Gasteiger partial charge on any atom is -0.463 e. The van der Waals surface area contributed by atoms with Gasteiger partial charge in [-0.15, -0.1) is 0 Å². The second-order valence-electron chi connectivity index (χ2n) is 11.0. The Labute approximate surface area is 248 Å². The zero-order valence-corrected chi connectivity index (χ0v) is 24.7. The molecule has 12 nitrogen and oxygen atoms in total. The first-order valence-electron chi connectivity index (χ1n) is 15.3. The van der Waals surface area contributed by atoms with Crippen molar-refractivity contribution in [1.29, 1.82) is 0 Å². The van der Waals surface area contributed by atoms with E-state index in [4.69, 9.17) is 18.9 Å². The van der Waals surface area contributed by atoms with Crippen LogP contribution in [0.15, 0.2) is 24.3 Å². The van der Waals surface area contributed by atoms with Gasteiger partial charge in [0.15, 0.2) is 6.29 Å². The Balaban J connectivity index is 1.64. The lowest BCUT2D eigenvalue weighted by Gasteiger charge is -2.43. The molecule has 7 N–H and O–H groups in total. The average molecular weight is 605 g/mol. The van der Waals surface area contributed by atoms with Crippen LogP contribution in [0.3, 0.4) is 0 Å². The number of hydrogen-bond donors (Lipinski definition) is 7. The quantitative estimate of drug-likeness (QED) is 0.0592. The van der Waals surface area contributed by atoms with E-state index in [9.17, 15) is 40.5 Å². The van der Waals surface area contributed by atoms with Crippen molar-refractivity contribution < 1.29 is 59.5 Å². The van der Waals surface area contributed by atoms with Gasteiger partial charge in [0.05, 0.1) is 6.61 Å². The molecule has 9 unspecified atom stereocenters. The third-order valence-electron chi connectivity index (χ3n) is 7.63. The molecule has 42 heavy (non-hydrogen) atoms. The number of ether oxygens (including phenoxy) is 4. The Morgan fingerprint density at radius 3 is 2.07 bits per heavy atom. The number of allylic oxidation sites excluding steroid dienone is 4. The molecule has 0 aliphatic carbocycles. The summed E-state index contributed by atoms with van der Waals surface area (Å²) in [7, 11) is 0. The molecule has 2 saturated heterocycles. The fourth-order valence-electron chi connectivity index (χ4n) is 4.95. The van der Waals surface area contributed by atoms with Gasteiger partial charge in [-0.05, 0) is 38.5 Å². The van der Waals surface area contributed by atoms with E-state index in [1.165, 1.54) is 19.3 Å². The van der Waals surface area contributed by atoms with Gasteiger partial charge in [-0.3, -0.25) is 4.79 Å². The zero-order chi connectivity index (χ0) is 31.0. The topological polar surface area (TPSA) is 196 Å². The number of aliphatic hydroxyl groups excluding tert-OH is 7. The Morgan fingerprint density at radius 2 is 1.43 bits per heavy atom.